The fraction of sp³-hybridized carbons (Fsp3) is 0.444. The molecule has 1 aromatic carbocycles. The SMILES string of the molecule is Cc1ncc(CN[C@@H]2CC[C@H](CC(=O)O)C2)n1-c1ccccc1. The zero-order chi connectivity index (χ0) is 16.2. The Hall–Kier alpha value is -2.14. The van der Waals surface area contributed by atoms with Crippen LogP contribution in [0.25, 0.3) is 5.69 Å². The maximum absolute atomic E-state index is 10.8. The number of carbonyl (C=O) groups is 1. The lowest BCUT2D eigenvalue weighted by molar-refractivity contribution is -0.138. The highest BCUT2D eigenvalue weighted by atomic mass is 16.4. The van der Waals surface area contributed by atoms with Crippen LogP contribution in [0.15, 0.2) is 36.5 Å². The third-order valence-electron chi connectivity index (χ3n) is 4.60. The number of aliphatic carboxylic acids is 1. The van der Waals surface area contributed by atoms with E-state index in [9.17, 15) is 4.79 Å². The summed E-state index contributed by atoms with van der Waals surface area (Å²) in [6.45, 7) is 2.76. The average molecular weight is 313 g/mol. The molecular formula is C18H23N3O2. The molecule has 0 saturated heterocycles. The Morgan fingerprint density at radius 3 is 2.87 bits per heavy atom. The van der Waals surface area contributed by atoms with E-state index in [4.69, 9.17) is 5.11 Å². The molecule has 0 bridgehead atoms. The molecule has 23 heavy (non-hydrogen) atoms. The summed E-state index contributed by atoms with van der Waals surface area (Å²) in [7, 11) is 0. The Labute approximate surface area is 136 Å². The van der Waals surface area contributed by atoms with E-state index in [2.05, 4.69) is 27.0 Å². The van der Waals surface area contributed by atoms with Crippen LogP contribution in [-0.2, 0) is 11.3 Å². The highest BCUT2D eigenvalue weighted by Gasteiger charge is 2.26. The average Bonchev–Trinajstić information content (AvgIpc) is 3.12. The topological polar surface area (TPSA) is 67.2 Å². The van der Waals surface area contributed by atoms with Crippen molar-refractivity contribution in [2.75, 3.05) is 0 Å². The van der Waals surface area contributed by atoms with Gasteiger partial charge in [0.15, 0.2) is 0 Å². The minimum absolute atomic E-state index is 0.291. The Morgan fingerprint density at radius 1 is 1.35 bits per heavy atom. The molecule has 2 aromatic rings. The van der Waals surface area contributed by atoms with Crippen LogP contribution in [0.2, 0.25) is 0 Å². The molecule has 3 rings (SSSR count). The van der Waals surface area contributed by atoms with Crippen LogP contribution in [-0.4, -0.2) is 26.7 Å². The molecule has 5 heteroatoms. The van der Waals surface area contributed by atoms with Gasteiger partial charge in [0.25, 0.3) is 0 Å². The molecule has 1 aromatic heterocycles. The first-order valence-electron chi connectivity index (χ1n) is 8.17. The van der Waals surface area contributed by atoms with Gasteiger partial charge in [-0.05, 0) is 44.2 Å². The van der Waals surface area contributed by atoms with Crippen molar-refractivity contribution in [3.63, 3.8) is 0 Å². The van der Waals surface area contributed by atoms with Crippen LogP contribution < -0.4 is 5.32 Å². The fourth-order valence-corrected chi connectivity index (χ4v) is 3.49. The molecule has 1 aliphatic carbocycles. The third-order valence-corrected chi connectivity index (χ3v) is 4.60. The number of imidazole rings is 1. The molecule has 1 heterocycles. The molecule has 0 amide bonds. The molecule has 5 nitrogen and oxygen atoms in total. The van der Waals surface area contributed by atoms with E-state index in [0.717, 1.165) is 43.0 Å². The molecule has 2 N–H and O–H groups in total. The maximum Gasteiger partial charge on any atom is 0.303 e. The second kappa shape index (κ2) is 6.96. The Bertz CT molecular complexity index is 666. The first kappa shape index (κ1) is 15.7. The van der Waals surface area contributed by atoms with Crippen LogP contribution in [0.3, 0.4) is 0 Å². The monoisotopic (exact) mass is 313 g/mol. The van der Waals surface area contributed by atoms with Gasteiger partial charge in [0.1, 0.15) is 5.82 Å². The second-order valence-corrected chi connectivity index (χ2v) is 6.32. The van der Waals surface area contributed by atoms with E-state index in [-0.39, 0.29) is 0 Å². The number of nitrogens with one attached hydrogen (secondary N) is 1. The van der Waals surface area contributed by atoms with E-state index in [1.807, 2.05) is 31.3 Å². The van der Waals surface area contributed by atoms with Crippen LogP contribution in [0.4, 0.5) is 0 Å². The van der Waals surface area contributed by atoms with Gasteiger partial charge >= 0.3 is 5.97 Å². The van der Waals surface area contributed by atoms with Gasteiger partial charge in [-0.3, -0.25) is 9.36 Å². The van der Waals surface area contributed by atoms with Gasteiger partial charge in [0.2, 0.25) is 0 Å². The minimum Gasteiger partial charge on any atom is -0.481 e. The summed E-state index contributed by atoms with van der Waals surface area (Å²) in [6.07, 6.45) is 5.21. The molecule has 0 radical (unpaired) electrons. The van der Waals surface area contributed by atoms with Gasteiger partial charge in [-0.1, -0.05) is 18.2 Å². The Balaban J connectivity index is 1.63. The summed E-state index contributed by atoms with van der Waals surface area (Å²) in [6, 6.07) is 10.6. The predicted molar refractivity (Wildman–Crippen MR) is 88.5 cm³/mol. The molecular weight excluding hydrogens is 290 g/mol. The summed E-state index contributed by atoms with van der Waals surface area (Å²) in [5.74, 6) is 0.599. The molecule has 0 spiro atoms. The minimum atomic E-state index is -0.687. The highest BCUT2D eigenvalue weighted by Crippen LogP contribution is 2.28. The van der Waals surface area contributed by atoms with E-state index in [0.29, 0.717) is 18.4 Å². The first-order chi connectivity index (χ1) is 11.1. The van der Waals surface area contributed by atoms with Gasteiger partial charge in [0, 0.05) is 24.7 Å². The van der Waals surface area contributed by atoms with E-state index >= 15 is 0 Å². The summed E-state index contributed by atoms with van der Waals surface area (Å²) in [4.78, 5) is 15.3. The Kier molecular flexibility index (Phi) is 4.76. The van der Waals surface area contributed by atoms with Crippen molar-refractivity contribution < 1.29 is 9.90 Å². The van der Waals surface area contributed by atoms with Crippen LogP contribution in [0.1, 0.15) is 37.2 Å². The Morgan fingerprint density at radius 2 is 2.13 bits per heavy atom. The smallest absolute Gasteiger partial charge is 0.303 e. The largest absolute Gasteiger partial charge is 0.481 e. The lowest BCUT2D eigenvalue weighted by Crippen LogP contribution is -2.27. The third kappa shape index (κ3) is 3.79. The molecule has 1 saturated carbocycles. The molecule has 0 aliphatic heterocycles. The van der Waals surface area contributed by atoms with Gasteiger partial charge in [-0.25, -0.2) is 4.98 Å². The number of aromatic nitrogens is 2. The summed E-state index contributed by atoms with van der Waals surface area (Å²) in [5, 5.41) is 12.5. The summed E-state index contributed by atoms with van der Waals surface area (Å²) >= 11 is 0. The zero-order valence-corrected chi connectivity index (χ0v) is 13.4. The summed E-state index contributed by atoms with van der Waals surface area (Å²) in [5.41, 5.74) is 2.25. The van der Waals surface area contributed by atoms with E-state index in [1.165, 1.54) is 0 Å². The van der Waals surface area contributed by atoms with Gasteiger partial charge in [-0.2, -0.15) is 0 Å². The van der Waals surface area contributed by atoms with Gasteiger partial charge in [0.05, 0.1) is 11.9 Å². The number of benzene rings is 1. The van der Waals surface area contributed by atoms with Crippen molar-refractivity contribution in [3.8, 4) is 5.69 Å². The summed E-state index contributed by atoms with van der Waals surface area (Å²) < 4.78 is 2.16. The van der Waals surface area contributed by atoms with E-state index < -0.39 is 5.97 Å². The van der Waals surface area contributed by atoms with Gasteiger partial charge < -0.3 is 10.4 Å². The molecule has 1 aliphatic rings. The highest BCUT2D eigenvalue weighted by molar-refractivity contribution is 5.67. The number of para-hydroxylation sites is 1. The van der Waals surface area contributed by atoms with Crippen LogP contribution in [0.5, 0.6) is 0 Å². The maximum atomic E-state index is 10.8. The van der Waals surface area contributed by atoms with Crippen molar-refractivity contribution in [2.24, 2.45) is 5.92 Å². The van der Waals surface area contributed by atoms with Crippen molar-refractivity contribution in [1.29, 1.82) is 0 Å². The van der Waals surface area contributed by atoms with E-state index in [1.54, 1.807) is 0 Å². The van der Waals surface area contributed by atoms with Crippen molar-refractivity contribution in [3.05, 3.63) is 48.0 Å². The van der Waals surface area contributed by atoms with Crippen LogP contribution in [0, 0.1) is 12.8 Å². The van der Waals surface area contributed by atoms with Crippen molar-refractivity contribution in [1.82, 2.24) is 14.9 Å². The number of carboxylic acids is 1. The normalized spacial score (nSPS) is 20.7. The lowest BCUT2D eigenvalue weighted by Gasteiger charge is -2.15. The number of hydrogen-bond donors (Lipinski definition) is 2. The van der Waals surface area contributed by atoms with Crippen LogP contribution >= 0.6 is 0 Å². The molecule has 0 unspecified atom stereocenters. The fourth-order valence-electron chi connectivity index (χ4n) is 3.49. The quantitative estimate of drug-likeness (QED) is 0.860. The molecule has 2 atom stereocenters. The van der Waals surface area contributed by atoms with Gasteiger partial charge in [-0.15, -0.1) is 0 Å². The number of nitrogens with zero attached hydrogens (tertiary/aromatic N) is 2. The van der Waals surface area contributed by atoms with Crippen molar-refractivity contribution in [2.45, 2.75) is 45.2 Å². The number of rotatable bonds is 6. The number of aryl methyl sites for hydroxylation is 1. The number of hydrogen-bond acceptors (Lipinski definition) is 3. The van der Waals surface area contributed by atoms with Crippen molar-refractivity contribution >= 4 is 5.97 Å². The number of carboxylic acid groups (broad SMARTS) is 1. The zero-order valence-electron chi connectivity index (χ0n) is 13.4. The standard InChI is InChI=1S/C18H23N3O2/c1-13-19-11-17(21(13)16-5-3-2-4-6-16)12-20-15-8-7-14(9-15)10-18(22)23/h2-6,11,14-15,20H,7-10,12H2,1H3,(H,22,23)/t14-,15+/m0/s1. The molecule has 122 valence electrons. The predicted octanol–water partition coefficient (Wildman–Crippen LogP) is 2.91. The first-order valence-corrected chi connectivity index (χ1v) is 8.17. The lowest BCUT2D eigenvalue weighted by atomic mass is 10.0. The molecule has 1 fully saturated rings. The second-order valence-electron chi connectivity index (χ2n) is 6.32.